The fourth-order valence-electron chi connectivity index (χ4n) is 8.23. The average Bonchev–Trinajstić information content (AvgIpc) is 3.75. The first-order valence-corrected chi connectivity index (χ1v) is 24.3. The standard InChI is InChI=1S/C45H85N11O6/c1-2-3-4-5-6-7-8-9-10-11-12-13-14-28-39(57)50-31-20-17-25-36-41(59)52-34(23-15-18-29-46)40(58)53-35(24-16-19-30-47)42(60)55-37(26-21-32-51-45(48)49)44(62)56-33-22-27-38(56)43(61)54-36/h34-38H,2-33,46-47H2,1H3,(H,50,57)(H,52,59)(H,53,58)(H,54,61)(H,55,60)(H4,48,49,51)/t34-,35-,36-,37-,38+/m0/s1. The van der Waals surface area contributed by atoms with Gasteiger partial charge in [-0.1, -0.05) is 84.0 Å². The van der Waals surface area contributed by atoms with Crippen molar-refractivity contribution in [2.24, 2.45) is 27.9 Å². The van der Waals surface area contributed by atoms with E-state index in [9.17, 15) is 28.8 Å². The predicted octanol–water partition coefficient (Wildman–Crippen LogP) is 3.01. The molecule has 5 atom stereocenters. The average molecular weight is 876 g/mol. The van der Waals surface area contributed by atoms with Gasteiger partial charge in [-0.25, -0.2) is 0 Å². The normalized spacial score (nSPS) is 21.2. The summed E-state index contributed by atoms with van der Waals surface area (Å²) in [6, 6.07) is -4.89. The van der Waals surface area contributed by atoms with E-state index in [4.69, 9.17) is 22.9 Å². The lowest BCUT2D eigenvalue weighted by Gasteiger charge is -2.30. The fourth-order valence-corrected chi connectivity index (χ4v) is 8.23. The molecule has 13 N–H and O–H groups in total. The third-order valence-electron chi connectivity index (χ3n) is 11.9. The van der Waals surface area contributed by atoms with Crippen molar-refractivity contribution < 1.29 is 28.8 Å². The molecule has 0 radical (unpaired) electrons. The maximum atomic E-state index is 14.2. The van der Waals surface area contributed by atoms with Gasteiger partial charge in [0.05, 0.1) is 0 Å². The van der Waals surface area contributed by atoms with Crippen LogP contribution in [0.4, 0.5) is 0 Å². The van der Waals surface area contributed by atoms with E-state index in [-0.39, 0.29) is 44.1 Å². The number of amides is 6. The Bertz CT molecular complexity index is 1350. The van der Waals surface area contributed by atoms with E-state index in [1.165, 1.54) is 69.1 Å². The number of unbranched alkanes of at least 4 members (excludes halogenated alkanes) is 15. The van der Waals surface area contributed by atoms with Crippen molar-refractivity contribution in [2.45, 2.75) is 210 Å². The molecule has 17 heteroatoms. The molecule has 17 nitrogen and oxygen atoms in total. The molecule has 0 unspecified atom stereocenters. The fraction of sp³-hybridized carbons (Fsp3) is 0.844. The first-order chi connectivity index (χ1) is 30.0. The molecule has 6 amide bonds. The van der Waals surface area contributed by atoms with E-state index < -0.39 is 59.7 Å². The summed E-state index contributed by atoms with van der Waals surface area (Å²) in [5.41, 5.74) is 22.5. The molecule has 0 aromatic heterocycles. The molecule has 0 aliphatic carbocycles. The molecule has 2 aliphatic rings. The van der Waals surface area contributed by atoms with Crippen LogP contribution in [-0.4, -0.2) is 109 Å². The van der Waals surface area contributed by atoms with Crippen LogP contribution in [0.15, 0.2) is 4.99 Å². The van der Waals surface area contributed by atoms with Gasteiger partial charge in [-0.2, -0.15) is 0 Å². The second kappa shape index (κ2) is 33.6. The first-order valence-electron chi connectivity index (χ1n) is 24.3. The minimum atomic E-state index is -1.01. The van der Waals surface area contributed by atoms with Crippen LogP contribution in [0.3, 0.4) is 0 Å². The zero-order chi connectivity index (χ0) is 45.4. The highest BCUT2D eigenvalue weighted by molar-refractivity contribution is 5.98. The van der Waals surface area contributed by atoms with Crippen LogP contribution in [-0.2, 0) is 28.8 Å². The van der Waals surface area contributed by atoms with Gasteiger partial charge in [-0.15, -0.1) is 0 Å². The van der Waals surface area contributed by atoms with Gasteiger partial charge in [0.2, 0.25) is 35.4 Å². The van der Waals surface area contributed by atoms with Gasteiger partial charge in [0, 0.05) is 26.1 Å². The van der Waals surface area contributed by atoms with Crippen molar-refractivity contribution in [3.05, 3.63) is 0 Å². The Morgan fingerprint density at radius 3 is 1.55 bits per heavy atom. The minimum absolute atomic E-state index is 0.00852. The van der Waals surface area contributed by atoms with Crippen LogP contribution in [0.2, 0.25) is 0 Å². The summed E-state index contributed by atoms with van der Waals surface area (Å²) in [5, 5.41) is 14.5. The van der Waals surface area contributed by atoms with E-state index in [2.05, 4.69) is 38.5 Å². The van der Waals surface area contributed by atoms with Crippen LogP contribution in [0, 0.1) is 0 Å². The number of guanidine groups is 1. The van der Waals surface area contributed by atoms with Crippen LogP contribution in [0.1, 0.15) is 180 Å². The number of nitrogens with two attached hydrogens (primary N) is 4. The maximum Gasteiger partial charge on any atom is 0.245 e. The van der Waals surface area contributed by atoms with Crippen molar-refractivity contribution >= 4 is 41.4 Å². The Morgan fingerprint density at radius 1 is 0.597 bits per heavy atom. The summed E-state index contributed by atoms with van der Waals surface area (Å²) in [6.45, 7) is 4.01. The topological polar surface area (TPSA) is 282 Å². The number of fused-ring (bicyclic) bond motifs is 1. The Balaban J connectivity index is 2.09. The summed E-state index contributed by atoms with van der Waals surface area (Å²) in [4.78, 5) is 88.0. The molecule has 0 aromatic carbocycles. The Morgan fingerprint density at radius 2 is 1.05 bits per heavy atom. The van der Waals surface area contributed by atoms with Gasteiger partial charge in [0.15, 0.2) is 5.96 Å². The lowest BCUT2D eigenvalue weighted by Crippen LogP contribution is -2.57. The molecule has 2 fully saturated rings. The molecule has 2 heterocycles. The van der Waals surface area contributed by atoms with E-state index >= 15 is 0 Å². The molecule has 62 heavy (non-hydrogen) atoms. The number of hydrogen-bond donors (Lipinski definition) is 9. The third-order valence-corrected chi connectivity index (χ3v) is 11.9. The van der Waals surface area contributed by atoms with Crippen molar-refractivity contribution in [3.8, 4) is 0 Å². The first kappa shape index (κ1) is 54.1. The van der Waals surface area contributed by atoms with Crippen LogP contribution in [0.25, 0.3) is 0 Å². The number of nitrogens with one attached hydrogen (secondary N) is 5. The van der Waals surface area contributed by atoms with E-state index in [1.54, 1.807) is 0 Å². The quantitative estimate of drug-likeness (QED) is 0.0279. The van der Waals surface area contributed by atoms with Crippen molar-refractivity contribution in [3.63, 3.8) is 0 Å². The van der Waals surface area contributed by atoms with E-state index in [0.717, 1.165) is 19.3 Å². The highest BCUT2D eigenvalue weighted by Gasteiger charge is 2.40. The van der Waals surface area contributed by atoms with Crippen LogP contribution >= 0.6 is 0 Å². The van der Waals surface area contributed by atoms with Crippen LogP contribution < -0.4 is 49.5 Å². The van der Waals surface area contributed by atoms with Crippen molar-refractivity contribution in [1.82, 2.24) is 31.5 Å². The molecule has 0 saturated carbocycles. The number of rotatable bonds is 31. The molecule has 2 saturated heterocycles. The zero-order valence-corrected chi connectivity index (χ0v) is 38.2. The summed E-state index contributed by atoms with van der Waals surface area (Å²) in [7, 11) is 0. The number of hydrogen-bond acceptors (Lipinski definition) is 9. The number of carbonyl (C=O) groups excluding carboxylic acids is 6. The van der Waals surface area contributed by atoms with E-state index in [1.807, 2.05) is 0 Å². The number of nitrogens with zero attached hydrogens (tertiary/aromatic N) is 2. The number of aliphatic imine (C=N–C) groups is 1. The Labute approximate surface area is 372 Å². The predicted molar refractivity (Wildman–Crippen MR) is 245 cm³/mol. The second-order valence-corrected chi connectivity index (χ2v) is 17.3. The molecule has 0 bridgehead atoms. The van der Waals surface area contributed by atoms with Gasteiger partial charge in [-0.05, 0) is 103 Å². The smallest absolute Gasteiger partial charge is 0.245 e. The summed E-state index contributed by atoms with van der Waals surface area (Å²) >= 11 is 0. The van der Waals surface area contributed by atoms with Gasteiger partial charge < -0.3 is 54.4 Å². The van der Waals surface area contributed by atoms with Crippen molar-refractivity contribution in [1.29, 1.82) is 0 Å². The molecular weight excluding hydrogens is 791 g/mol. The Hall–Kier alpha value is -3.99. The van der Waals surface area contributed by atoms with Gasteiger partial charge in [-0.3, -0.25) is 33.8 Å². The third kappa shape index (κ3) is 22.9. The molecular formula is C45H85N11O6. The van der Waals surface area contributed by atoms with Crippen LogP contribution in [0.5, 0.6) is 0 Å². The lowest BCUT2D eigenvalue weighted by molar-refractivity contribution is -0.142. The van der Waals surface area contributed by atoms with Gasteiger partial charge >= 0.3 is 0 Å². The lowest BCUT2D eigenvalue weighted by atomic mass is 10.0. The minimum Gasteiger partial charge on any atom is -0.370 e. The highest BCUT2D eigenvalue weighted by atomic mass is 16.2. The molecule has 0 aromatic rings. The summed E-state index contributed by atoms with van der Waals surface area (Å²) in [5.74, 6) is -2.63. The molecule has 356 valence electrons. The number of carbonyl (C=O) groups is 6. The summed E-state index contributed by atoms with van der Waals surface area (Å²) in [6.07, 6.45) is 22.4. The largest absolute Gasteiger partial charge is 0.370 e. The second-order valence-electron chi connectivity index (χ2n) is 17.3. The van der Waals surface area contributed by atoms with Gasteiger partial charge in [0.1, 0.15) is 30.2 Å². The molecule has 2 aliphatic heterocycles. The monoisotopic (exact) mass is 876 g/mol. The maximum absolute atomic E-state index is 14.2. The summed E-state index contributed by atoms with van der Waals surface area (Å²) < 4.78 is 0. The van der Waals surface area contributed by atoms with Crippen molar-refractivity contribution in [2.75, 3.05) is 32.7 Å². The van der Waals surface area contributed by atoms with Gasteiger partial charge in [0.25, 0.3) is 0 Å². The molecule has 0 spiro atoms. The Kier molecular flexibility index (Phi) is 29.3. The molecule has 2 rings (SSSR count). The highest BCUT2D eigenvalue weighted by Crippen LogP contribution is 2.21. The SMILES string of the molecule is CCCCCCCCCCCCCCCC(=O)NCCCC[C@@H]1NC(=O)[C@H]2CCCN2C(=O)[C@H](CCCN=C(N)N)NC(=O)[C@H](CCCCN)NC(=O)[C@H](CCCCN)NC1=O. The zero-order valence-electron chi connectivity index (χ0n) is 38.2. The van der Waals surface area contributed by atoms with E-state index in [0.29, 0.717) is 90.4 Å².